The standard InChI is InChI=1S/C21H30N6O5/c1-3-32-20(29)21(11-7-8-12-22,26-15(2)24-14-18(26)27(30)31)25-19(28)17(23)13-16-9-5-4-6-10-16/h4-6,9-10,14,17H,3,7-8,11-13,22-23H2,1-2H3,(H,25,28)/t17-,21+/m0/s1. The number of imidazole rings is 1. The number of esters is 1. The van der Waals surface area contributed by atoms with Gasteiger partial charge in [0.2, 0.25) is 5.91 Å². The number of rotatable bonds is 12. The van der Waals surface area contributed by atoms with Gasteiger partial charge in [0.25, 0.3) is 5.66 Å². The van der Waals surface area contributed by atoms with Crippen molar-refractivity contribution >= 4 is 17.7 Å². The SMILES string of the molecule is CCOC(=O)[C@](CCCCN)(NC(=O)[C@@H](N)Cc1ccccc1)n1c([N+](=O)[O-])cnc1C. The number of unbranched alkanes of at least 4 members (excludes halogenated alkanes) is 1. The van der Waals surface area contributed by atoms with E-state index in [1.165, 1.54) is 6.92 Å². The molecular weight excluding hydrogens is 416 g/mol. The van der Waals surface area contributed by atoms with Crippen LogP contribution in [0.2, 0.25) is 0 Å². The Hall–Kier alpha value is -3.31. The van der Waals surface area contributed by atoms with E-state index in [2.05, 4.69) is 10.3 Å². The summed E-state index contributed by atoms with van der Waals surface area (Å²) in [7, 11) is 0. The number of amides is 1. The Kier molecular flexibility index (Phi) is 8.85. The van der Waals surface area contributed by atoms with Crippen molar-refractivity contribution in [2.75, 3.05) is 13.2 Å². The molecule has 0 aliphatic heterocycles. The highest BCUT2D eigenvalue weighted by molar-refractivity contribution is 5.89. The lowest BCUT2D eigenvalue weighted by molar-refractivity contribution is -0.393. The summed E-state index contributed by atoms with van der Waals surface area (Å²) in [6, 6.07) is 8.17. The molecule has 11 heteroatoms. The Morgan fingerprint density at radius 1 is 1.31 bits per heavy atom. The number of nitrogens with one attached hydrogen (secondary N) is 1. The largest absolute Gasteiger partial charge is 0.461 e. The average molecular weight is 447 g/mol. The van der Waals surface area contributed by atoms with Crippen LogP contribution in [0.4, 0.5) is 5.82 Å². The summed E-state index contributed by atoms with van der Waals surface area (Å²) in [5.41, 5.74) is 10.7. The van der Waals surface area contributed by atoms with Crippen molar-refractivity contribution < 1.29 is 19.2 Å². The highest BCUT2D eigenvalue weighted by atomic mass is 16.6. The predicted molar refractivity (Wildman–Crippen MR) is 117 cm³/mol. The van der Waals surface area contributed by atoms with E-state index in [-0.39, 0.29) is 25.3 Å². The summed E-state index contributed by atoms with van der Waals surface area (Å²) in [5.74, 6) is -1.74. The molecule has 1 aromatic carbocycles. The van der Waals surface area contributed by atoms with Crippen LogP contribution in [0.1, 0.15) is 37.6 Å². The molecule has 11 nitrogen and oxygen atoms in total. The molecule has 0 saturated heterocycles. The van der Waals surface area contributed by atoms with Gasteiger partial charge in [0.1, 0.15) is 6.20 Å². The molecule has 1 amide bonds. The number of carbonyl (C=O) groups is 2. The van der Waals surface area contributed by atoms with Gasteiger partial charge in [-0.25, -0.2) is 9.78 Å². The quantitative estimate of drug-likeness (QED) is 0.189. The zero-order valence-corrected chi connectivity index (χ0v) is 18.3. The van der Waals surface area contributed by atoms with Gasteiger partial charge in [0.15, 0.2) is 5.82 Å². The summed E-state index contributed by atoms with van der Waals surface area (Å²) in [5, 5.41) is 14.4. The van der Waals surface area contributed by atoms with Gasteiger partial charge in [-0.3, -0.25) is 4.79 Å². The molecule has 0 unspecified atom stereocenters. The summed E-state index contributed by atoms with van der Waals surface area (Å²) >= 11 is 0. The predicted octanol–water partition coefficient (Wildman–Crippen LogP) is 1.13. The van der Waals surface area contributed by atoms with E-state index in [9.17, 15) is 19.7 Å². The number of aromatic nitrogens is 2. The number of hydrogen-bond donors (Lipinski definition) is 3. The zero-order valence-electron chi connectivity index (χ0n) is 18.3. The summed E-state index contributed by atoms with van der Waals surface area (Å²) < 4.78 is 6.36. The normalized spacial score (nSPS) is 13.8. The van der Waals surface area contributed by atoms with Crippen LogP contribution in [-0.2, 0) is 26.4 Å². The maximum Gasteiger partial charge on any atom is 0.377 e. The minimum Gasteiger partial charge on any atom is -0.461 e. The van der Waals surface area contributed by atoms with E-state index in [1.807, 2.05) is 30.3 Å². The number of benzene rings is 1. The van der Waals surface area contributed by atoms with Crippen molar-refractivity contribution in [1.29, 1.82) is 0 Å². The monoisotopic (exact) mass is 446 g/mol. The van der Waals surface area contributed by atoms with Crippen LogP contribution in [0, 0.1) is 17.0 Å². The Morgan fingerprint density at radius 2 is 2.00 bits per heavy atom. The van der Waals surface area contributed by atoms with Crippen molar-refractivity contribution in [3.8, 4) is 0 Å². The van der Waals surface area contributed by atoms with Gasteiger partial charge in [-0.05, 0) is 43.2 Å². The summed E-state index contributed by atoms with van der Waals surface area (Å²) in [6.07, 6.45) is 2.22. The molecule has 0 bridgehead atoms. The van der Waals surface area contributed by atoms with Crippen molar-refractivity contribution in [1.82, 2.24) is 14.9 Å². The minimum absolute atomic E-state index is 0.0187. The fourth-order valence-electron chi connectivity index (χ4n) is 3.54. The second kappa shape index (κ2) is 11.3. The third-order valence-corrected chi connectivity index (χ3v) is 5.06. The van der Waals surface area contributed by atoms with Crippen molar-refractivity contribution in [2.24, 2.45) is 11.5 Å². The molecule has 1 heterocycles. The number of carbonyl (C=O) groups excluding carboxylic acids is 2. The number of nitrogens with two attached hydrogens (primary N) is 2. The highest BCUT2D eigenvalue weighted by Gasteiger charge is 2.51. The topological polar surface area (TPSA) is 168 Å². The number of hydrogen-bond acceptors (Lipinski definition) is 8. The van der Waals surface area contributed by atoms with Crippen LogP contribution in [0.15, 0.2) is 36.5 Å². The Morgan fingerprint density at radius 3 is 2.59 bits per heavy atom. The van der Waals surface area contributed by atoms with Crippen LogP contribution in [0.5, 0.6) is 0 Å². The van der Waals surface area contributed by atoms with Gasteiger partial charge >= 0.3 is 11.8 Å². The van der Waals surface area contributed by atoms with Crippen LogP contribution in [-0.4, -0.2) is 45.5 Å². The Bertz CT molecular complexity index is 932. The fourth-order valence-corrected chi connectivity index (χ4v) is 3.54. The van der Waals surface area contributed by atoms with E-state index in [4.69, 9.17) is 16.2 Å². The maximum atomic E-state index is 13.2. The first kappa shape index (κ1) is 25.0. The van der Waals surface area contributed by atoms with Gasteiger partial charge in [-0.15, -0.1) is 0 Å². The lowest BCUT2D eigenvalue weighted by Crippen LogP contribution is -2.60. The first-order valence-corrected chi connectivity index (χ1v) is 10.4. The third-order valence-electron chi connectivity index (χ3n) is 5.06. The number of nitro groups is 1. The summed E-state index contributed by atoms with van der Waals surface area (Å²) in [6.45, 7) is 3.50. The van der Waals surface area contributed by atoms with Gasteiger partial charge in [0, 0.05) is 13.3 Å². The van der Waals surface area contributed by atoms with E-state index in [0.717, 1.165) is 16.3 Å². The summed E-state index contributed by atoms with van der Waals surface area (Å²) in [4.78, 5) is 41.4. The van der Waals surface area contributed by atoms with E-state index in [0.29, 0.717) is 19.4 Å². The van der Waals surface area contributed by atoms with Gasteiger partial charge in [-0.1, -0.05) is 30.3 Å². The molecule has 5 N–H and O–H groups in total. The molecule has 2 aromatic rings. The lowest BCUT2D eigenvalue weighted by Gasteiger charge is -2.31. The van der Waals surface area contributed by atoms with Crippen LogP contribution in [0.25, 0.3) is 0 Å². The van der Waals surface area contributed by atoms with Crippen molar-refractivity contribution in [3.63, 3.8) is 0 Å². The molecule has 0 fully saturated rings. The smallest absolute Gasteiger partial charge is 0.377 e. The first-order chi connectivity index (χ1) is 15.3. The zero-order chi connectivity index (χ0) is 23.7. The number of nitrogens with zero attached hydrogens (tertiary/aromatic N) is 3. The molecule has 0 aliphatic carbocycles. The van der Waals surface area contributed by atoms with Crippen LogP contribution < -0.4 is 16.8 Å². The molecule has 2 rings (SSSR count). The molecule has 1 aromatic heterocycles. The first-order valence-electron chi connectivity index (χ1n) is 10.4. The molecule has 0 aliphatic rings. The lowest BCUT2D eigenvalue weighted by atomic mass is 9.99. The molecule has 2 atom stereocenters. The van der Waals surface area contributed by atoms with E-state index >= 15 is 0 Å². The van der Waals surface area contributed by atoms with E-state index in [1.54, 1.807) is 6.92 Å². The maximum absolute atomic E-state index is 13.2. The fraction of sp³-hybridized carbons (Fsp3) is 0.476. The molecule has 0 radical (unpaired) electrons. The van der Waals surface area contributed by atoms with Crippen LogP contribution in [0.3, 0.4) is 0 Å². The molecule has 0 saturated carbocycles. The number of ether oxygens (including phenoxy) is 1. The van der Waals surface area contributed by atoms with Crippen LogP contribution >= 0.6 is 0 Å². The average Bonchev–Trinajstić information content (AvgIpc) is 3.16. The molecule has 0 spiro atoms. The second-order valence-electron chi connectivity index (χ2n) is 7.37. The Labute approximate surface area is 186 Å². The third kappa shape index (κ3) is 5.68. The van der Waals surface area contributed by atoms with Gasteiger partial charge < -0.3 is 31.6 Å². The molecule has 174 valence electrons. The highest BCUT2D eigenvalue weighted by Crippen LogP contribution is 2.30. The molecule has 32 heavy (non-hydrogen) atoms. The number of aryl methyl sites for hydroxylation is 1. The van der Waals surface area contributed by atoms with Crippen molar-refractivity contribution in [2.45, 2.75) is 51.2 Å². The van der Waals surface area contributed by atoms with E-state index < -0.39 is 34.3 Å². The Balaban J connectivity index is 2.50. The second-order valence-corrected chi connectivity index (χ2v) is 7.37. The molecular formula is C21H30N6O5. The van der Waals surface area contributed by atoms with Gasteiger partial charge in [-0.2, -0.15) is 4.57 Å². The van der Waals surface area contributed by atoms with Gasteiger partial charge in [0.05, 0.1) is 12.6 Å². The minimum atomic E-state index is -1.89. The van der Waals surface area contributed by atoms with Crippen molar-refractivity contribution in [3.05, 3.63) is 58.0 Å².